The van der Waals surface area contributed by atoms with Crippen LogP contribution in [-0.2, 0) is 11.2 Å². The van der Waals surface area contributed by atoms with Gasteiger partial charge in [-0.2, -0.15) is 0 Å². The summed E-state index contributed by atoms with van der Waals surface area (Å²) < 4.78 is 5.43. The van der Waals surface area contributed by atoms with E-state index in [4.69, 9.17) is 4.74 Å². The highest BCUT2D eigenvalue weighted by Gasteiger charge is 2.15. The Balaban J connectivity index is 0.00000288. The lowest BCUT2D eigenvalue weighted by Gasteiger charge is -2.26. The topological polar surface area (TPSA) is 49.8 Å². The zero-order valence-corrected chi connectivity index (χ0v) is 18.4. The largest absolute Gasteiger partial charge is 0.381 e. The molecule has 1 aliphatic rings. The first kappa shape index (κ1) is 21.6. The van der Waals surface area contributed by atoms with Crippen molar-refractivity contribution in [2.45, 2.75) is 39.5 Å². The maximum atomic E-state index is 5.43. The molecular formula is C17H31IN4OS. The first-order valence-corrected chi connectivity index (χ1v) is 9.34. The molecule has 5 nitrogen and oxygen atoms in total. The van der Waals surface area contributed by atoms with Gasteiger partial charge in [0.2, 0.25) is 0 Å². The van der Waals surface area contributed by atoms with Crippen LogP contribution in [0.1, 0.15) is 34.8 Å². The molecule has 2 heterocycles. The molecule has 0 amide bonds. The van der Waals surface area contributed by atoms with Crippen LogP contribution < -0.4 is 5.32 Å². The Morgan fingerprint density at radius 1 is 1.38 bits per heavy atom. The smallest absolute Gasteiger partial charge is 0.193 e. The molecule has 138 valence electrons. The molecule has 1 aromatic rings. The number of nitrogens with zero attached hydrogens (tertiary/aromatic N) is 3. The number of hydrogen-bond donors (Lipinski definition) is 1. The van der Waals surface area contributed by atoms with E-state index in [0.29, 0.717) is 0 Å². The Hall–Kier alpha value is -0.410. The first-order valence-electron chi connectivity index (χ1n) is 8.52. The molecule has 0 aliphatic carbocycles. The van der Waals surface area contributed by atoms with Crippen LogP contribution in [-0.4, -0.2) is 56.2 Å². The summed E-state index contributed by atoms with van der Waals surface area (Å²) >= 11 is 1.79. The van der Waals surface area contributed by atoms with Crippen LogP contribution in [0.5, 0.6) is 0 Å². The van der Waals surface area contributed by atoms with E-state index in [1.54, 1.807) is 11.3 Å². The Labute approximate surface area is 167 Å². The summed E-state index contributed by atoms with van der Waals surface area (Å²) in [4.78, 5) is 12.5. The molecule has 1 aromatic heterocycles. The summed E-state index contributed by atoms with van der Waals surface area (Å²) in [6.07, 6.45) is 4.62. The molecule has 2 rings (SSSR count). The standard InChI is InChI=1S/C17H30N4OS.HI/c1-13-16(23-14(2)20-13)5-9-19-17(18-3)21(4)10-6-15-7-11-22-12-8-15;/h15H,5-12H2,1-4H3,(H,18,19);1H. The summed E-state index contributed by atoms with van der Waals surface area (Å²) in [5, 5.41) is 4.62. The summed E-state index contributed by atoms with van der Waals surface area (Å²) in [5.74, 6) is 1.78. The van der Waals surface area contributed by atoms with E-state index < -0.39 is 0 Å². The van der Waals surface area contributed by atoms with E-state index in [2.05, 4.69) is 41.1 Å². The van der Waals surface area contributed by atoms with Crippen LogP contribution in [0.15, 0.2) is 4.99 Å². The van der Waals surface area contributed by atoms with Crippen LogP contribution in [0, 0.1) is 19.8 Å². The summed E-state index contributed by atoms with van der Waals surface area (Å²) in [6, 6.07) is 0. The lowest BCUT2D eigenvalue weighted by Crippen LogP contribution is -2.40. The van der Waals surface area contributed by atoms with Crippen molar-refractivity contribution in [2.24, 2.45) is 10.9 Å². The molecule has 1 saturated heterocycles. The predicted molar refractivity (Wildman–Crippen MR) is 113 cm³/mol. The molecule has 0 saturated carbocycles. The Morgan fingerprint density at radius 3 is 2.67 bits per heavy atom. The van der Waals surface area contributed by atoms with Gasteiger partial charge in [-0.15, -0.1) is 35.3 Å². The molecule has 0 atom stereocenters. The maximum Gasteiger partial charge on any atom is 0.193 e. The molecule has 0 bridgehead atoms. The van der Waals surface area contributed by atoms with Crippen LogP contribution >= 0.6 is 35.3 Å². The van der Waals surface area contributed by atoms with Crippen molar-refractivity contribution in [1.82, 2.24) is 15.2 Å². The van der Waals surface area contributed by atoms with Crippen LogP contribution in [0.2, 0.25) is 0 Å². The second-order valence-electron chi connectivity index (χ2n) is 6.23. The third kappa shape index (κ3) is 6.84. The fourth-order valence-corrected chi connectivity index (χ4v) is 3.93. The zero-order valence-electron chi connectivity index (χ0n) is 15.3. The van der Waals surface area contributed by atoms with Crippen molar-refractivity contribution in [3.05, 3.63) is 15.6 Å². The molecular weight excluding hydrogens is 435 g/mol. The molecule has 0 radical (unpaired) electrons. The van der Waals surface area contributed by atoms with Crippen molar-refractivity contribution < 1.29 is 4.74 Å². The molecule has 0 spiro atoms. The van der Waals surface area contributed by atoms with Gasteiger partial charge in [-0.1, -0.05) is 0 Å². The number of thiazole rings is 1. The van der Waals surface area contributed by atoms with E-state index in [1.807, 2.05) is 7.05 Å². The summed E-state index contributed by atoms with van der Waals surface area (Å²) in [6.45, 7) is 7.95. The number of guanidine groups is 1. The lowest BCUT2D eigenvalue weighted by atomic mass is 9.96. The van der Waals surface area contributed by atoms with Gasteiger partial charge in [0.15, 0.2) is 5.96 Å². The first-order chi connectivity index (χ1) is 11.1. The number of nitrogens with one attached hydrogen (secondary N) is 1. The van der Waals surface area contributed by atoms with Gasteiger partial charge in [0, 0.05) is 51.7 Å². The van der Waals surface area contributed by atoms with Gasteiger partial charge in [-0.05, 0) is 39.0 Å². The normalized spacial score (nSPS) is 15.9. The number of halogens is 1. The second-order valence-corrected chi connectivity index (χ2v) is 7.52. The van der Waals surface area contributed by atoms with Gasteiger partial charge in [-0.25, -0.2) is 4.98 Å². The fourth-order valence-electron chi connectivity index (χ4n) is 3.00. The number of aliphatic imine (C=N–C) groups is 1. The number of aryl methyl sites for hydroxylation is 2. The third-order valence-electron chi connectivity index (χ3n) is 4.42. The summed E-state index contributed by atoms with van der Waals surface area (Å²) in [7, 11) is 3.98. The number of ether oxygens (including phenoxy) is 1. The highest BCUT2D eigenvalue weighted by Crippen LogP contribution is 2.19. The van der Waals surface area contributed by atoms with E-state index in [0.717, 1.165) is 55.3 Å². The number of rotatable bonds is 6. The maximum absolute atomic E-state index is 5.43. The average molecular weight is 466 g/mol. The van der Waals surface area contributed by atoms with Crippen molar-refractivity contribution in [3.63, 3.8) is 0 Å². The lowest BCUT2D eigenvalue weighted by molar-refractivity contribution is 0.0625. The van der Waals surface area contributed by atoms with Crippen molar-refractivity contribution in [1.29, 1.82) is 0 Å². The average Bonchev–Trinajstić information content (AvgIpc) is 2.88. The van der Waals surface area contributed by atoms with E-state index in [9.17, 15) is 0 Å². The predicted octanol–water partition coefficient (Wildman–Crippen LogP) is 3.24. The second kappa shape index (κ2) is 11.3. The Bertz CT molecular complexity index is 515. The van der Waals surface area contributed by atoms with E-state index in [-0.39, 0.29) is 24.0 Å². The molecule has 1 fully saturated rings. The molecule has 0 aromatic carbocycles. The molecule has 1 aliphatic heterocycles. The fraction of sp³-hybridized carbons (Fsp3) is 0.765. The Morgan fingerprint density at radius 2 is 2.08 bits per heavy atom. The van der Waals surface area contributed by atoms with Crippen LogP contribution in [0.25, 0.3) is 0 Å². The van der Waals surface area contributed by atoms with Gasteiger partial charge in [-0.3, -0.25) is 4.99 Å². The summed E-state index contributed by atoms with van der Waals surface area (Å²) in [5.41, 5.74) is 1.16. The van der Waals surface area contributed by atoms with Crippen molar-refractivity contribution in [3.8, 4) is 0 Å². The van der Waals surface area contributed by atoms with Gasteiger partial charge in [0.1, 0.15) is 0 Å². The molecule has 7 heteroatoms. The van der Waals surface area contributed by atoms with E-state index in [1.165, 1.54) is 24.1 Å². The monoisotopic (exact) mass is 466 g/mol. The highest BCUT2D eigenvalue weighted by atomic mass is 127. The Kier molecular flexibility index (Phi) is 10.1. The number of aromatic nitrogens is 1. The highest BCUT2D eigenvalue weighted by molar-refractivity contribution is 14.0. The van der Waals surface area contributed by atoms with E-state index >= 15 is 0 Å². The minimum atomic E-state index is 0. The minimum absolute atomic E-state index is 0. The third-order valence-corrected chi connectivity index (χ3v) is 5.55. The van der Waals surface area contributed by atoms with Crippen molar-refractivity contribution >= 4 is 41.3 Å². The van der Waals surface area contributed by atoms with Crippen LogP contribution in [0.4, 0.5) is 0 Å². The van der Waals surface area contributed by atoms with Gasteiger partial charge < -0.3 is 15.0 Å². The number of hydrogen-bond acceptors (Lipinski definition) is 4. The van der Waals surface area contributed by atoms with Gasteiger partial charge in [0.05, 0.1) is 10.7 Å². The van der Waals surface area contributed by atoms with Gasteiger partial charge in [0.25, 0.3) is 0 Å². The van der Waals surface area contributed by atoms with Gasteiger partial charge >= 0.3 is 0 Å². The molecule has 24 heavy (non-hydrogen) atoms. The minimum Gasteiger partial charge on any atom is -0.381 e. The quantitative estimate of drug-likeness (QED) is 0.398. The van der Waals surface area contributed by atoms with Crippen molar-refractivity contribution in [2.75, 3.05) is 40.4 Å². The SMILES string of the molecule is CN=C(NCCc1sc(C)nc1C)N(C)CCC1CCOCC1.I. The molecule has 1 N–H and O–H groups in total. The van der Waals surface area contributed by atoms with Crippen LogP contribution in [0.3, 0.4) is 0 Å². The molecule has 0 unspecified atom stereocenters. The zero-order chi connectivity index (χ0) is 16.7.